The lowest BCUT2D eigenvalue weighted by atomic mass is 10.0. The van der Waals surface area contributed by atoms with E-state index in [4.69, 9.17) is 0 Å². The molecule has 0 bridgehead atoms. The van der Waals surface area contributed by atoms with Gasteiger partial charge < -0.3 is 0 Å². The number of aromatic nitrogens is 4. The Morgan fingerprint density at radius 2 is 2.00 bits per heavy atom. The zero-order chi connectivity index (χ0) is 10.4. The molecule has 2 atom stereocenters. The molecule has 15 heavy (non-hydrogen) atoms. The van der Waals surface area contributed by atoms with E-state index in [9.17, 15) is 4.79 Å². The van der Waals surface area contributed by atoms with Gasteiger partial charge in [0.15, 0.2) is 0 Å². The number of nitrogens with zero attached hydrogens (tertiary/aromatic N) is 4. The van der Waals surface area contributed by atoms with E-state index in [1.165, 1.54) is 30.5 Å². The number of hydrogen-bond acceptors (Lipinski definition) is 4. The Kier molecular flexibility index (Phi) is 1.87. The van der Waals surface area contributed by atoms with Crippen molar-refractivity contribution >= 4 is 5.78 Å². The van der Waals surface area contributed by atoms with Gasteiger partial charge in [-0.2, -0.15) is 4.80 Å². The summed E-state index contributed by atoms with van der Waals surface area (Å²) in [5, 5.41) is 11.5. The maximum atomic E-state index is 12.0. The average molecular weight is 206 g/mol. The lowest BCUT2D eigenvalue weighted by Crippen LogP contribution is -2.07. The zero-order valence-electron chi connectivity index (χ0n) is 8.76. The van der Waals surface area contributed by atoms with Crippen LogP contribution < -0.4 is 0 Å². The van der Waals surface area contributed by atoms with Gasteiger partial charge in [0.1, 0.15) is 0 Å². The zero-order valence-corrected chi connectivity index (χ0v) is 8.76. The number of carbonyl (C=O) groups is 1. The van der Waals surface area contributed by atoms with Crippen molar-refractivity contribution in [3.05, 3.63) is 5.82 Å². The van der Waals surface area contributed by atoms with E-state index >= 15 is 0 Å². The minimum atomic E-state index is 0.111. The second-order valence-corrected chi connectivity index (χ2v) is 4.60. The molecule has 0 saturated heterocycles. The normalized spacial score (nSPS) is 33.5. The summed E-state index contributed by atoms with van der Waals surface area (Å²) in [6.45, 7) is 0. The highest BCUT2D eigenvalue weighted by atomic mass is 16.1. The molecular formula is C10H14N4O. The van der Waals surface area contributed by atoms with Crippen LogP contribution in [0.3, 0.4) is 0 Å². The fourth-order valence-electron chi connectivity index (χ4n) is 2.91. The molecule has 2 aliphatic carbocycles. The Morgan fingerprint density at radius 3 is 2.53 bits per heavy atom. The Hall–Kier alpha value is -1.26. The first kappa shape index (κ1) is 9.00. The molecule has 5 heteroatoms. The molecule has 2 fully saturated rings. The summed E-state index contributed by atoms with van der Waals surface area (Å²) in [7, 11) is 1.68. The summed E-state index contributed by atoms with van der Waals surface area (Å²) in [6, 6.07) is 0. The number of fused-ring (bicyclic) bond motifs is 1. The molecule has 2 aliphatic rings. The minimum Gasteiger partial charge on any atom is -0.290 e. The summed E-state index contributed by atoms with van der Waals surface area (Å²) >= 11 is 0. The summed E-state index contributed by atoms with van der Waals surface area (Å²) in [5.41, 5.74) is 0. The van der Waals surface area contributed by atoms with Gasteiger partial charge in [-0.3, -0.25) is 4.79 Å². The van der Waals surface area contributed by atoms with Crippen LogP contribution in [0.4, 0.5) is 0 Å². The van der Waals surface area contributed by atoms with E-state index in [0.717, 1.165) is 0 Å². The lowest BCUT2D eigenvalue weighted by Gasteiger charge is -2.04. The number of ketones is 1. The first-order valence-corrected chi connectivity index (χ1v) is 5.55. The third-order valence-electron chi connectivity index (χ3n) is 3.69. The highest BCUT2D eigenvalue weighted by Gasteiger charge is 2.55. The number of Topliss-reactive ketones (excluding diaryl/α,β-unsaturated/α-hetero) is 1. The molecule has 2 unspecified atom stereocenters. The topological polar surface area (TPSA) is 60.7 Å². The van der Waals surface area contributed by atoms with E-state index in [2.05, 4.69) is 15.4 Å². The quantitative estimate of drug-likeness (QED) is 0.672. The first-order chi connectivity index (χ1) is 7.27. The number of tetrazole rings is 1. The summed E-state index contributed by atoms with van der Waals surface area (Å²) in [5.74, 6) is 1.86. The van der Waals surface area contributed by atoms with Crippen LogP contribution in [-0.2, 0) is 7.05 Å². The van der Waals surface area contributed by atoms with Crippen molar-refractivity contribution in [1.29, 1.82) is 0 Å². The second-order valence-electron chi connectivity index (χ2n) is 4.60. The van der Waals surface area contributed by atoms with Crippen LogP contribution in [0.5, 0.6) is 0 Å². The maximum absolute atomic E-state index is 12.0. The largest absolute Gasteiger partial charge is 0.290 e. The molecule has 80 valence electrons. The standard InChI is InChI=1S/C10H14N4O/c1-14-12-10(11-13-14)9(15)8-6-4-2-3-5-7(6)8/h6-8H,2-5H2,1H3. The molecule has 3 rings (SSSR count). The minimum absolute atomic E-state index is 0.111. The van der Waals surface area contributed by atoms with Crippen LogP contribution in [0.25, 0.3) is 0 Å². The van der Waals surface area contributed by atoms with Gasteiger partial charge in [0, 0.05) is 5.92 Å². The average Bonchev–Trinajstić information content (AvgIpc) is 2.82. The van der Waals surface area contributed by atoms with Crippen molar-refractivity contribution < 1.29 is 4.79 Å². The summed E-state index contributed by atoms with van der Waals surface area (Å²) in [4.78, 5) is 13.4. The van der Waals surface area contributed by atoms with Gasteiger partial charge in [-0.05, 0) is 29.9 Å². The molecule has 1 aromatic heterocycles. The maximum Gasteiger partial charge on any atom is 0.240 e. The van der Waals surface area contributed by atoms with E-state index in [-0.39, 0.29) is 11.7 Å². The van der Waals surface area contributed by atoms with Gasteiger partial charge in [0.25, 0.3) is 0 Å². The number of carbonyl (C=O) groups excluding carboxylic acids is 1. The van der Waals surface area contributed by atoms with E-state index in [1.807, 2.05) is 0 Å². The van der Waals surface area contributed by atoms with Crippen molar-refractivity contribution in [3.8, 4) is 0 Å². The predicted octanol–water partition coefficient (Wildman–Crippen LogP) is 0.829. The van der Waals surface area contributed by atoms with Crippen molar-refractivity contribution in [2.24, 2.45) is 24.8 Å². The van der Waals surface area contributed by atoms with Crippen LogP contribution in [0.2, 0.25) is 0 Å². The molecule has 5 nitrogen and oxygen atoms in total. The van der Waals surface area contributed by atoms with E-state index in [0.29, 0.717) is 17.7 Å². The van der Waals surface area contributed by atoms with E-state index in [1.54, 1.807) is 7.05 Å². The lowest BCUT2D eigenvalue weighted by molar-refractivity contribution is 0.0945. The fraction of sp³-hybridized carbons (Fsp3) is 0.800. The first-order valence-electron chi connectivity index (χ1n) is 5.55. The Morgan fingerprint density at radius 1 is 1.33 bits per heavy atom. The van der Waals surface area contributed by atoms with Gasteiger partial charge in [-0.15, -0.1) is 10.2 Å². The van der Waals surface area contributed by atoms with E-state index < -0.39 is 0 Å². The summed E-state index contributed by atoms with van der Waals surface area (Å²) in [6.07, 6.45) is 4.97. The molecule has 0 aliphatic heterocycles. The highest BCUT2D eigenvalue weighted by molar-refractivity contribution is 5.96. The van der Waals surface area contributed by atoms with Crippen LogP contribution in [0, 0.1) is 17.8 Å². The molecule has 0 aromatic carbocycles. The highest BCUT2D eigenvalue weighted by Crippen LogP contribution is 2.56. The number of hydrogen-bond donors (Lipinski definition) is 0. The molecular weight excluding hydrogens is 192 g/mol. The van der Waals surface area contributed by atoms with Crippen molar-refractivity contribution in [2.75, 3.05) is 0 Å². The Labute approximate surface area is 87.8 Å². The molecule has 0 N–H and O–H groups in total. The monoisotopic (exact) mass is 206 g/mol. The number of aryl methyl sites for hydroxylation is 1. The Balaban J connectivity index is 1.76. The van der Waals surface area contributed by atoms with Gasteiger partial charge in [0.2, 0.25) is 11.6 Å². The van der Waals surface area contributed by atoms with Crippen LogP contribution in [-0.4, -0.2) is 26.0 Å². The van der Waals surface area contributed by atoms with Gasteiger partial charge in [0.05, 0.1) is 7.05 Å². The van der Waals surface area contributed by atoms with Crippen molar-refractivity contribution in [2.45, 2.75) is 25.7 Å². The molecule has 0 radical (unpaired) electrons. The third kappa shape index (κ3) is 1.37. The van der Waals surface area contributed by atoms with Crippen molar-refractivity contribution in [3.63, 3.8) is 0 Å². The molecule has 2 saturated carbocycles. The SMILES string of the molecule is Cn1nnc(C(=O)C2C3CCCCC32)n1. The molecule has 1 aromatic rings. The van der Waals surface area contributed by atoms with Crippen LogP contribution in [0.15, 0.2) is 0 Å². The number of rotatable bonds is 2. The van der Waals surface area contributed by atoms with Gasteiger partial charge in [-0.1, -0.05) is 12.8 Å². The fourth-order valence-corrected chi connectivity index (χ4v) is 2.91. The molecule has 1 heterocycles. The smallest absolute Gasteiger partial charge is 0.240 e. The molecule has 0 spiro atoms. The second kappa shape index (κ2) is 3.12. The predicted molar refractivity (Wildman–Crippen MR) is 52.1 cm³/mol. The van der Waals surface area contributed by atoms with Crippen LogP contribution >= 0.6 is 0 Å². The summed E-state index contributed by atoms with van der Waals surface area (Å²) < 4.78 is 0. The van der Waals surface area contributed by atoms with Crippen molar-refractivity contribution in [1.82, 2.24) is 20.2 Å². The Bertz CT molecular complexity index is 388. The third-order valence-corrected chi connectivity index (χ3v) is 3.69. The van der Waals surface area contributed by atoms with Gasteiger partial charge >= 0.3 is 0 Å². The molecule has 0 amide bonds. The van der Waals surface area contributed by atoms with Gasteiger partial charge in [-0.25, -0.2) is 0 Å². The van der Waals surface area contributed by atoms with Crippen LogP contribution in [0.1, 0.15) is 36.3 Å².